The Bertz CT molecular complexity index is 304. The molecule has 0 radical (unpaired) electrons. The zero-order valence-electron chi connectivity index (χ0n) is 9.17. The smallest absolute Gasteiger partial charge is 0.0774 e. The Balaban J connectivity index is 2.58. The summed E-state index contributed by atoms with van der Waals surface area (Å²) < 4.78 is 0. The van der Waals surface area contributed by atoms with Crippen LogP contribution in [0.4, 0.5) is 0 Å². The summed E-state index contributed by atoms with van der Waals surface area (Å²) in [6.07, 6.45) is 2.47. The second-order valence-corrected chi connectivity index (χ2v) is 3.86. The topological polar surface area (TPSA) is 40.5 Å². The molecule has 0 aliphatic rings. The lowest BCUT2D eigenvalue weighted by molar-refractivity contribution is 0.0569. The maximum absolute atomic E-state index is 9.70. The maximum atomic E-state index is 9.70. The van der Waals surface area contributed by atoms with Gasteiger partial charge in [0, 0.05) is 5.92 Å². The van der Waals surface area contributed by atoms with Crippen LogP contribution in [0.25, 0.3) is 6.08 Å². The molecule has 1 rings (SSSR count). The zero-order chi connectivity index (χ0) is 11.3. The van der Waals surface area contributed by atoms with Crippen LogP contribution in [-0.2, 0) is 0 Å². The van der Waals surface area contributed by atoms with Gasteiger partial charge in [0.25, 0.3) is 0 Å². The molecule has 0 aromatic heterocycles. The third-order valence-electron chi connectivity index (χ3n) is 2.59. The Labute approximate surface area is 90.9 Å². The van der Waals surface area contributed by atoms with E-state index in [2.05, 4.69) is 0 Å². The number of hydrogen-bond donors (Lipinski definition) is 2. The van der Waals surface area contributed by atoms with Gasteiger partial charge in [0.05, 0.1) is 12.2 Å². The van der Waals surface area contributed by atoms with Gasteiger partial charge in [-0.3, -0.25) is 0 Å². The van der Waals surface area contributed by atoms with Gasteiger partial charge in [0.15, 0.2) is 0 Å². The van der Waals surface area contributed by atoms with Crippen LogP contribution in [0.5, 0.6) is 0 Å². The fourth-order valence-electron chi connectivity index (χ4n) is 1.23. The molecule has 15 heavy (non-hydrogen) atoms. The average Bonchev–Trinajstić information content (AvgIpc) is 2.26. The van der Waals surface area contributed by atoms with E-state index in [9.17, 15) is 10.2 Å². The van der Waals surface area contributed by atoms with Crippen molar-refractivity contribution in [3.05, 3.63) is 42.0 Å². The van der Waals surface area contributed by atoms with Crippen molar-refractivity contribution in [3.63, 3.8) is 0 Å². The first-order chi connectivity index (χ1) is 7.11. The Hall–Kier alpha value is -1.12. The van der Waals surface area contributed by atoms with Gasteiger partial charge in [-0.25, -0.2) is 0 Å². The molecule has 1 aromatic rings. The second-order valence-electron chi connectivity index (χ2n) is 3.86. The van der Waals surface area contributed by atoms with Gasteiger partial charge >= 0.3 is 0 Å². The Morgan fingerprint density at radius 1 is 1.07 bits per heavy atom. The lowest BCUT2D eigenvalue weighted by atomic mass is 9.98. The predicted molar refractivity (Wildman–Crippen MR) is 62.3 cm³/mol. The number of benzene rings is 1. The van der Waals surface area contributed by atoms with Crippen LogP contribution in [-0.4, -0.2) is 22.4 Å². The molecule has 0 bridgehead atoms. The first-order valence-corrected chi connectivity index (χ1v) is 5.20. The third-order valence-corrected chi connectivity index (χ3v) is 2.59. The first-order valence-electron chi connectivity index (χ1n) is 5.20. The van der Waals surface area contributed by atoms with Crippen LogP contribution in [0.15, 0.2) is 36.4 Å². The van der Waals surface area contributed by atoms with E-state index in [0.717, 1.165) is 5.56 Å². The van der Waals surface area contributed by atoms with Gasteiger partial charge in [-0.2, -0.15) is 0 Å². The highest BCUT2D eigenvalue weighted by atomic mass is 16.3. The molecule has 0 aliphatic heterocycles. The summed E-state index contributed by atoms with van der Waals surface area (Å²) in [4.78, 5) is 0. The normalized spacial score (nSPS) is 17.6. The van der Waals surface area contributed by atoms with E-state index in [4.69, 9.17) is 0 Å². The van der Waals surface area contributed by atoms with Crippen molar-refractivity contribution in [2.75, 3.05) is 0 Å². The molecule has 2 heteroatoms. The first kappa shape index (κ1) is 12.0. The molecule has 0 fully saturated rings. The fraction of sp³-hybridized carbons (Fsp3) is 0.385. The minimum Gasteiger partial charge on any atom is -0.393 e. The van der Waals surface area contributed by atoms with Crippen LogP contribution in [0.1, 0.15) is 19.4 Å². The molecule has 0 heterocycles. The quantitative estimate of drug-likeness (QED) is 0.791. The van der Waals surface area contributed by atoms with Crippen molar-refractivity contribution in [2.45, 2.75) is 26.1 Å². The minimum atomic E-state index is -0.606. The molecular weight excluding hydrogens is 188 g/mol. The number of aliphatic hydroxyl groups is 2. The molecule has 2 nitrogen and oxygen atoms in total. The van der Waals surface area contributed by atoms with Crippen LogP contribution < -0.4 is 0 Å². The molecular formula is C13H18O2. The monoisotopic (exact) mass is 206 g/mol. The molecule has 0 saturated heterocycles. The summed E-state index contributed by atoms with van der Waals surface area (Å²) in [5.41, 5.74) is 1.05. The summed E-state index contributed by atoms with van der Waals surface area (Å²) in [5, 5.41) is 19.0. The Kier molecular flexibility index (Phi) is 4.53. The summed E-state index contributed by atoms with van der Waals surface area (Å²) in [6.45, 7) is 3.51. The SMILES string of the molecule is C[C@@H]([C@H](C)O)[C@H](O)/C=C/c1ccccc1. The molecule has 2 N–H and O–H groups in total. The predicted octanol–water partition coefficient (Wildman–Crippen LogP) is 2.08. The standard InChI is InChI=1S/C13H18O2/c1-10(11(2)14)13(15)9-8-12-6-4-3-5-7-12/h3-11,13-15H,1-2H3/b9-8+/t10-,11-,13+/m0/s1. The van der Waals surface area contributed by atoms with Crippen molar-refractivity contribution in [1.29, 1.82) is 0 Å². The van der Waals surface area contributed by atoms with Crippen molar-refractivity contribution < 1.29 is 10.2 Å². The van der Waals surface area contributed by atoms with E-state index in [1.807, 2.05) is 43.3 Å². The van der Waals surface area contributed by atoms with E-state index in [1.165, 1.54) is 0 Å². The van der Waals surface area contributed by atoms with E-state index in [1.54, 1.807) is 13.0 Å². The van der Waals surface area contributed by atoms with Gasteiger partial charge in [-0.05, 0) is 12.5 Å². The summed E-state index contributed by atoms with van der Waals surface area (Å²) >= 11 is 0. The third kappa shape index (κ3) is 3.86. The molecule has 0 aliphatic carbocycles. The fourth-order valence-corrected chi connectivity index (χ4v) is 1.23. The lowest BCUT2D eigenvalue weighted by Crippen LogP contribution is -2.25. The largest absolute Gasteiger partial charge is 0.393 e. The zero-order valence-corrected chi connectivity index (χ0v) is 9.17. The van der Waals surface area contributed by atoms with Crippen molar-refractivity contribution >= 4 is 6.08 Å². The Morgan fingerprint density at radius 3 is 2.20 bits per heavy atom. The molecule has 3 atom stereocenters. The molecule has 0 amide bonds. The lowest BCUT2D eigenvalue weighted by Gasteiger charge is -2.18. The van der Waals surface area contributed by atoms with Gasteiger partial charge in [-0.1, -0.05) is 49.4 Å². The maximum Gasteiger partial charge on any atom is 0.0774 e. The minimum absolute atomic E-state index is 0.148. The van der Waals surface area contributed by atoms with Crippen molar-refractivity contribution in [3.8, 4) is 0 Å². The average molecular weight is 206 g/mol. The molecule has 0 spiro atoms. The highest BCUT2D eigenvalue weighted by Crippen LogP contribution is 2.11. The van der Waals surface area contributed by atoms with Crippen LogP contribution in [0, 0.1) is 5.92 Å². The summed E-state index contributed by atoms with van der Waals surface area (Å²) in [5.74, 6) is -0.148. The van der Waals surface area contributed by atoms with Gasteiger partial charge < -0.3 is 10.2 Å². The van der Waals surface area contributed by atoms with Crippen molar-refractivity contribution in [2.24, 2.45) is 5.92 Å². The highest BCUT2D eigenvalue weighted by Gasteiger charge is 2.15. The summed E-state index contributed by atoms with van der Waals surface area (Å²) in [7, 11) is 0. The molecule has 0 saturated carbocycles. The number of rotatable bonds is 4. The van der Waals surface area contributed by atoms with E-state index in [0.29, 0.717) is 0 Å². The van der Waals surface area contributed by atoms with E-state index >= 15 is 0 Å². The summed E-state index contributed by atoms with van der Waals surface area (Å²) in [6, 6.07) is 9.78. The van der Waals surface area contributed by atoms with E-state index in [-0.39, 0.29) is 5.92 Å². The van der Waals surface area contributed by atoms with Gasteiger partial charge in [0.2, 0.25) is 0 Å². The molecule has 1 aromatic carbocycles. The van der Waals surface area contributed by atoms with Crippen molar-refractivity contribution in [1.82, 2.24) is 0 Å². The second kappa shape index (κ2) is 5.69. The number of hydrogen-bond acceptors (Lipinski definition) is 2. The molecule has 82 valence electrons. The Morgan fingerprint density at radius 2 is 1.67 bits per heavy atom. The number of aliphatic hydroxyl groups excluding tert-OH is 2. The van der Waals surface area contributed by atoms with Gasteiger partial charge in [-0.15, -0.1) is 0 Å². The van der Waals surface area contributed by atoms with Crippen LogP contribution in [0.2, 0.25) is 0 Å². The highest BCUT2D eigenvalue weighted by molar-refractivity contribution is 5.49. The van der Waals surface area contributed by atoms with Gasteiger partial charge in [0.1, 0.15) is 0 Å². The van der Waals surface area contributed by atoms with E-state index < -0.39 is 12.2 Å². The molecule has 0 unspecified atom stereocenters. The van der Waals surface area contributed by atoms with Crippen LogP contribution in [0.3, 0.4) is 0 Å². The van der Waals surface area contributed by atoms with Crippen LogP contribution >= 0.6 is 0 Å².